The van der Waals surface area contributed by atoms with Crippen LogP contribution in [0.1, 0.15) is 21.7 Å². The maximum atomic E-state index is 12.6. The number of aromatic nitrogens is 2. The van der Waals surface area contributed by atoms with Gasteiger partial charge in [-0.3, -0.25) is 4.79 Å². The Labute approximate surface area is 162 Å². The van der Waals surface area contributed by atoms with Crippen LogP contribution in [0.2, 0.25) is 5.02 Å². The molecule has 0 atom stereocenters. The standard InChI is InChI=1S/C20H19ClN4O2/c1-12-11-18(19(26)24-17-6-4-5-16(21)13(17)2)25-20(22-12)23-14-7-9-15(27-3)10-8-14/h4-11H,1-3H3,(H,24,26)(H,22,23,25). The number of halogens is 1. The molecule has 0 bridgehead atoms. The van der Waals surface area contributed by atoms with Gasteiger partial charge in [0.05, 0.1) is 7.11 Å². The quantitative estimate of drug-likeness (QED) is 0.665. The van der Waals surface area contributed by atoms with Gasteiger partial charge in [0.2, 0.25) is 5.95 Å². The number of benzene rings is 2. The number of carbonyl (C=O) groups is 1. The van der Waals surface area contributed by atoms with Crippen molar-refractivity contribution in [2.45, 2.75) is 13.8 Å². The first kappa shape index (κ1) is 18.7. The van der Waals surface area contributed by atoms with Crippen molar-refractivity contribution in [2.24, 2.45) is 0 Å². The minimum absolute atomic E-state index is 0.262. The summed E-state index contributed by atoms with van der Waals surface area (Å²) in [5.41, 5.74) is 3.17. The first-order valence-electron chi connectivity index (χ1n) is 8.29. The number of methoxy groups -OCH3 is 1. The summed E-state index contributed by atoms with van der Waals surface area (Å²) < 4.78 is 5.14. The second-order valence-corrected chi connectivity index (χ2v) is 6.35. The average Bonchev–Trinajstić information content (AvgIpc) is 2.65. The first-order chi connectivity index (χ1) is 13.0. The Morgan fingerprint density at radius 2 is 1.81 bits per heavy atom. The second kappa shape index (κ2) is 8.05. The van der Waals surface area contributed by atoms with E-state index in [1.165, 1.54) is 0 Å². The van der Waals surface area contributed by atoms with E-state index in [1.807, 2.05) is 38.1 Å². The van der Waals surface area contributed by atoms with E-state index < -0.39 is 0 Å². The van der Waals surface area contributed by atoms with Crippen LogP contribution < -0.4 is 15.4 Å². The summed E-state index contributed by atoms with van der Waals surface area (Å²) in [4.78, 5) is 21.3. The molecule has 138 valence electrons. The number of hydrogen-bond acceptors (Lipinski definition) is 5. The van der Waals surface area contributed by atoms with Gasteiger partial charge in [-0.15, -0.1) is 0 Å². The lowest BCUT2D eigenvalue weighted by atomic mass is 10.2. The molecule has 6 nitrogen and oxygen atoms in total. The fourth-order valence-electron chi connectivity index (χ4n) is 2.47. The van der Waals surface area contributed by atoms with Gasteiger partial charge in [0.1, 0.15) is 11.4 Å². The number of anilines is 3. The second-order valence-electron chi connectivity index (χ2n) is 5.94. The molecule has 0 saturated heterocycles. The third kappa shape index (κ3) is 4.54. The number of nitrogens with zero attached hydrogens (tertiary/aromatic N) is 2. The average molecular weight is 383 g/mol. The fourth-order valence-corrected chi connectivity index (χ4v) is 2.65. The van der Waals surface area contributed by atoms with Gasteiger partial charge in [-0.1, -0.05) is 17.7 Å². The summed E-state index contributed by atoms with van der Waals surface area (Å²) in [6, 6.07) is 14.3. The zero-order valence-corrected chi connectivity index (χ0v) is 16.0. The first-order valence-corrected chi connectivity index (χ1v) is 8.67. The maximum absolute atomic E-state index is 12.6. The Balaban J connectivity index is 1.81. The minimum Gasteiger partial charge on any atom is -0.497 e. The van der Waals surface area contributed by atoms with E-state index in [1.54, 1.807) is 31.4 Å². The summed E-state index contributed by atoms with van der Waals surface area (Å²) >= 11 is 6.11. The molecule has 0 radical (unpaired) electrons. The molecular formula is C20H19ClN4O2. The lowest BCUT2D eigenvalue weighted by Gasteiger charge is -2.11. The van der Waals surface area contributed by atoms with Gasteiger partial charge in [-0.05, 0) is 61.9 Å². The topological polar surface area (TPSA) is 76.1 Å². The summed E-state index contributed by atoms with van der Waals surface area (Å²) in [7, 11) is 1.61. The third-order valence-corrected chi connectivity index (χ3v) is 4.36. The predicted molar refractivity (Wildman–Crippen MR) is 107 cm³/mol. The molecule has 0 fully saturated rings. The van der Waals surface area contributed by atoms with Crippen molar-refractivity contribution in [3.05, 3.63) is 70.5 Å². The van der Waals surface area contributed by atoms with E-state index >= 15 is 0 Å². The summed E-state index contributed by atoms with van der Waals surface area (Å²) in [5.74, 6) is 0.763. The van der Waals surface area contributed by atoms with Crippen LogP contribution in [0.4, 0.5) is 17.3 Å². The van der Waals surface area contributed by atoms with Crippen LogP contribution in [0, 0.1) is 13.8 Å². The number of amides is 1. The molecular weight excluding hydrogens is 364 g/mol. The van der Waals surface area contributed by atoms with E-state index in [0.717, 1.165) is 17.0 Å². The molecule has 3 aromatic rings. The molecule has 27 heavy (non-hydrogen) atoms. The zero-order chi connectivity index (χ0) is 19.4. The molecule has 3 rings (SSSR count). The van der Waals surface area contributed by atoms with Crippen LogP contribution >= 0.6 is 11.6 Å². The van der Waals surface area contributed by atoms with Gasteiger partial charge < -0.3 is 15.4 Å². The number of ether oxygens (including phenoxy) is 1. The van der Waals surface area contributed by atoms with Crippen molar-refractivity contribution in [1.82, 2.24) is 9.97 Å². The summed E-state index contributed by atoms with van der Waals surface area (Å²) in [6.07, 6.45) is 0. The van der Waals surface area contributed by atoms with E-state index in [4.69, 9.17) is 16.3 Å². The van der Waals surface area contributed by atoms with Crippen molar-refractivity contribution in [3.63, 3.8) is 0 Å². The smallest absolute Gasteiger partial charge is 0.274 e. The number of carbonyl (C=O) groups excluding carboxylic acids is 1. The lowest BCUT2D eigenvalue weighted by molar-refractivity contribution is 0.102. The normalized spacial score (nSPS) is 10.4. The highest BCUT2D eigenvalue weighted by molar-refractivity contribution is 6.31. The SMILES string of the molecule is COc1ccc(Nc2nc(C)cc(C(=O)Nc3cccc(Cl)c3C)n2)cc1. The van der Waals surface area contributed by atoms with Gasteiger partial charge in [-0.2, -0.15) is 0 Å². The number of aryl methyl sites for hydroxylation is 1. The van der Waals surface area contributed by atoms with E-state index in [0.29, 0.717) is 22.4 Å². The Kier molecular flexibility index (Phi) is 5.57. The Bertz CT molecular complexity index is 974. The monoisotopic (exact) mass is 382 g/mol. The van der Waals surface area contributed by atoms with Gasteiger partial charge >= 0.3 is 0 Å². The maximum Gasteiger partial charge on any atom is 0.274 e. The molecule has 0 aliphatic rings. The summed E-state index contributed by atoms with van der Waals surface area (Å²) in [6.45, 7) is 3.65. The fraction of sp³-hybridized carbons (Fsp3) is 0.150. The number of rotatable bonds is 5. The predicted octanol–water partition coefficient (Wildman–Crippen LogP) is 4.75. The van der Waals surface area contributed by atoms with Crippen LogP contribution in [0.3, 0.4) is 0 Å². The Morgan fingerprint density at radius 3 is 2.52 bits per heavy atom. The van der Waals surface area contributed by atoms with Crippen LogP contribution in [0.25, 0.3) is 0 Å². The van der Waals surface area contributed by atoms with Crippen LogP contribution in [0.15, 0.2) is 48.5 Å². The van der Waals surface area contributed by atoms with Crippen molar-refractivity contribution in [2.75, 3.05) is 17.7 Å². The highest BCUT2D eigenvalue weighted by Crippen LogP contribution is 2.24. The van der Waals surface area contributed by atoms with Crippen LogP contribution in [-0.2, 0) is 0 Å². The Hall–Kier alpha value is -3.12. The largest absolute Gasteiger partial charge is 0.497 e. The van der Waals surface area contributed by atoms with E-state index in [9.17, 15) is 4.79 Å². The van der Waals surface area contributed by atoms with E-state index in [2.05, 4.69) is 20.6 Å². The van der Waals surface area contributed by atoms with Crippen molar-refractivity contribution >= 4 is 34.8 Å². The summed E-state index contributed by atoms with van der Waals surface area (Å²) in [5, 5.41) is 6.53. The highest BCUT2D eigenvalue weighted by Gasteiger charge is 2.13. The molecule has 1 amide bonds. The molecule has 0 aliphatic carbocycles. The zero-order valence-electron chi connectivity index (χ0n) is 15.2. The number of hydrogen-bond donors (Lipinski definition) is 2. The molecule has 0 unspecified atom stereocenters. The van der Waals surface area contributed by atoms with Crippen LogP contribution in [0.5, 0.6) is 5.75 Å². The highest BCUT2D eigenvalue weighted by atomic mass is 35.5. The van der Waals surface area contributed by atoms with Crippen molar-refractivity contribution in [3.8, 4) is 5.75 Å². The van der Waals surface area contributed by atoms with Gasteiger partial charge in [0.25, 0.3) is 5.91 Å². The van der Waals surface area contributed by atoms with Gasteiger partial charge in [0, 0.05) is 22.1 Å². The minimum atomic E-state index is -0.330. The molecule has 1 aromatic heterocycles. The molecule has 7 heteroatoms. The molecule has 0 spiro atoms. The lowest BCUT2D eigenvalue weighted by Crippen LogP contribution is -2.16. The van der Waals surface area contributed by atoms with Gasteiger partial charge in [0.15, 0.2) is 0 Å². The Morgan fingerprint density at radius 1 is 1.07 bits per heavy atom. The molecule has 0 saturated carbocycles. The molecule has 1 heterocycles. The van der Waals surface area contributed by atoms with Crippen molar-refractivity contribution in [1.29, 1.82) is 0 Å². The molecule has 0 aliphatic heterocycles. The molecule has 2 aromatic carbocycles. The number of nitrogens with one attached hydrogen (secondary N) is 2. The third-order valence-electron chi connectivity index (χ3n) is 3.95. The van der Waals surface area contributed by atoms with Crippen molar-refractivity contribution < 1.29 is 9.53 Å². The van der Waals surface area contributed by atoms with Crippen LogP contribution in [-0.4, -0.2) is 23.0 Å². The van der Waals surface area contributed by atoms with E-state index in [-0.39, 0.29) is 11.6 Å². The van der Waals surface area contributed by atoms with Gasteiger partial charge in [-0.25, -0.2) is 9.97 Å². The molecule has 2 N–H and O–H groups in total.